The Labute approximate surface area is 118 Å². The first kappa shape index (κ1) is 14.1. The van der Waals surface area contributed by atoms with E-state index in [4.69, 9.17) is 4.52 Å². The standard InChI is InChI=1S/C15H19N3O2/c1-4-18(5-2)13-8-6-12(7-9-13)16-15(19)14-10-11(3)20-17-14/h6-10H,4-5H2,1-3H3,(H,16,19). The highest BCUT2D eigenvalue weighted by Gasteiger charge is 2.11. The number of rotatable bonds is 5. The Morgan fingerprint density at radius 3 is 2.40 bits per heavy atom. The third-order valence-corrected chi connectivity index (χ3v) is 3.11. The molecule has 1 N–H and O–H groups in total. The normalized spacial score (nSPS) is 10.3. The van der Waals surface area contributed by atoms with Crippen molar-refractivity contribution in [3.05, 3.63) is 41.8 Å². The molecule has 1 heterocycles. The smallest absolute Gasteiger partial charge is 0.277 e. The van der Waals surface area contributed by atoms with Gasteiger partial charge in [0.1, 0.15) is 5.76 Å². The first-order valence-electron chi connectivity index (χ1n) is 6.73. The van der Waals surface area contributed by atoms with Crippen molar-refractivity contribution >= 4 is 17.3 Å². The van der Waals surface area contributed by atoms with Gasteiger partial charge in [0.05, 0.1) is 0 Å². The van der Waals surface area contributed by atoms with Crippen LogP contribution < -0.4 is 10.2 Å². The van der Waals surface area contributed by atoms with E-state index in [1.54, 1.807) is 13.0 Å². The fourth-order valence-electron chi connectivity index (χ4n) is 2.01. The van der Waals surface area contributed by atoms with Crippen LogP contribution >= 0.6 is 0 Å². The summed E-state index contributed by atoms with van der Waals surface area (Å²) in [5.74, 6) is 0.351. The van der Waals surface area contributed by atoms with Gasteiger partial charge in [0.25, 0.3) is 5.91 Å². The second kappa shape index (κ2) is 6.23. The van der Waals surface area contributed by atoms with Gasteiger partial charge in [-0.1, -0.05) is 5.16 Å². The van der Waals surface area contributed by atoms with E-state index < -0.39 is 0 Å². The molecule has 0 fully saturated rings. The van der Waals surface area contributed by atoms with E-state index in [1.807, 2.05) is 24.3 Å². The average Bonchev–Trinajstić information content (AvgIpc) is 2.89. The van der Waals surface area contributed by atoms with Crippen molar-refractivity contribution in [2.75, 3.05) is 23.3 Å². The van der Waals surface area contributed by atoms with Gasteiger partial charge in [-0.3, -0.25) is 4.79 Å². The van der Waals surface area contributed by atoms with E-state index in [-0.39, 0.29) is 11.6 Å². The number of hydrogen-bond donors (Lipinski definition) is 1. The number of anilines is 2. The van der Waals surface area contributed by atoms with E-state index in [0.29, 0.717) is 5.76 Å². The summed E-state index contributed by atoms with van der Waals surface area (Å²) in [4.78, 5) is 14.2. The molecule has 0 unspecified atom stereocenters. The van der Waals surface area contributed by atoms with Crippen molar-refractivity contribution in [1.82, 2.24) is 5.16 Å². The largest absolute Gasteiger partial charge is 0.372 e. The van der Waals surface area contributed by atoms with Crippen LogP contribution in [0.4, 0.5) is 11.4 Å². The first-order chi connectivity index (χ1) is 9.63. The van der Waals surface area contributed by atoms with Gasteiger partial charge in [0, 0.05) is 30.5 Å². The van der Waals surface area contributed by atoms with Gasteiger partial charge in [-0.2, -0.15) is 0 Å². The van der Waals surface area contributed by atoms with E-state index in [0.717, 1.165) is 24.5 Å². The Hall–Kier alpha value is -2.30. The molecule has 1 amide bonds. The third-order valence-electron chi connectivity index (χ3n) is 3.11. The highest BCUT2D eigenvalue weighted by molar-refractivity contribution is 6.02. The summed E-state index contributed by atoms with van der Waals surface area (Å²) < 4.78 is 4.89. The van der Waals surface area contributed by atoms with Crippen LogP contribution in [0.5, 0.6) is 0 Å². The fraction of sp³-hybridized carbons (Fsp3) is 0.333. The third kappa shape index (κ3) is 3.17. The molecule has 0 atom stereocenters. The van der Waals surface area contributed by atoms with Gasteiger partial charge in [-0.15, -0.1) is 0 Å². The second-order valence-corrected chi connectivity index (χ2v) is 4.50. The molecule has 1 aromatic heterocycles. The summed E-state index contributed by atoms with van der Waals surface area (Å²) >= 11 is 0. The summed E-state index contributed by atoms with van der Waals surface area (Å²) in [6.45, 7) is 7.90. The minimum Gasteiger partial charge on any atom is -0.372 e. The maximum absolute atomic E-state index is 11.9. The topological polar surface area (TPSA) is 58.4 Å². The lowest BCUT2D eigenvalue weighted by Gasteiger charge is -2.21. The predicted octanol–water partition coefficient (Wildman–Crippen LogP) is 3.08. The molecule has 0 bridgehead atoms. The molecule has 2 aromatic rings. The van der Waals surface area contributed by atoms with E-state index >= 15 is 0 Å². The summed E-state index contributed by atoms with van der Waals surface area (Å²) in [6.07, 6.45) is 0. The molecule has 5 heteroatoms. The molecule has 20 heavy (non-hydrogen) atoms. The summed E-state index contributed by atoms with van der Waals surface area (Å²) in [7, 11) is 0. The highest BCUT2D eigenvalue weighted by atomic mass is 16.5. The molecule has 0 aliphatic carbocycles. The van der Waals surface area contributed by atoms with Crippen LogP contribution in [0.3, 0.4) is 0 Å². The fourth-order valence-corrected chi connectivity index (χ4v) is 2.01. The van der Waals surface area contributed by atoms with Crippen LogP contribution in [-0.4, -0.2) is 24.2 Å². The average molecular weight is 273 g/mol. The number of nitrogens with one attached hydrogen (secondary N) is 1. The number of carbonyl (C=O) groups is 1. The lowest BCUT2D eigenvalue weighted by atomic mass is 10.2. The zero-order valence-corrected chi connectivity index (χ0v) is 12.0. The van der Waals surface area contributed by atoms with Crippen LogP contribution in [0.15, 0.2) is 34.9 Å². The maximum Gasteiger partial charge on any atom is 0.277 e. The number of aryl methyl sites for hydroxylation is 1. The quantitative estimate of drug-likeness (QED) is 0.909. The number of aromatic nitrogens is 1. The molecule has 0 aliphatic heterocycles. The monoisotopic (exact) mass is 273 g/mol. The molecule has 0 saturated heterocycles. The summed E-state index contributed by atoms with van der Waals surface area (Å²) in [5.41, 5.74) is 2.17. The van der Waals surface area contributed by atoms with Gasteiger partial charge in [0.2, 0.25) is 0 Å². The van der Waals surface area contributed by atoms with Crippen LogP contribution in [0, 0.1) is 6.92 Å². The minimum absolute atomic E-state index is 0.266. The molecule has 1 aromatic carbocycles. The Morgan fingerprint density at radius 2 is 1.90 bits per heavy atom. The van der Waals surface area contributed by atoms with Gasteiger partial charge in [0.15, 0.2) is 5.69 Å². The van der Waals surface area contributed by atoms with Crippen molar-refractivity contribution in [3.63, 3.8) is 0 Å². The van der Waals surface area contributed by atoms with Crippen molar-refractivity contribution in [2.45, 2.75) is 20.8 Å². The number of amides is 1. The number of nitrogens with zero attached hydrogens (tertiary/aromatic N) is 2. The van der Waals surface area contributed by atoms with Crippen LogP contribution in [0.25, 0.3) is 0 Å². The van der Waals surface area contributed by atoms with Crippen LogP contribution in [0.1, 0.15) is 30.1 Å². The summed E-state index contributed by atoms with van der Waals surface area (Å²) in [5, 5.41) is 6.48. The minimum atomic E-state index is -0.266. The molecule has 0 aliphatic rings. The molecule has 0 saturated carbocycles. The van der Waals surface area contributed by atoms with Gasteiger partial charge < -0.3 is 14.7 Å². The lowest BCUT2D eigenvalue weighted by molar-refractivity contribution is 0.101. The Kier molecular flexibility index (Phi) is 4.40. The second-order valence-electron chi connectivity index (χ2n) is 4.50. The SMILES string of the molecule is CCN(CC)c1ccc(NC(=O)c2cc(C)on2)cc1. The van der Waals surface area contributed by atoms with Crippen molar-refractivity contribution in [1.29, 1.82) is 0 Å². The number of carbonyl (C=O) groups excluding carboxylic acids is 1. The lowest BCUT2D eigenvalue weighted by Crippen LogP contribution is -2.21. The molecule has 0 radical (unpaired) electrons. The number of benzene rings is 1. The molecule has 106 valence electrons. The molecule has 2 rings (SSSR count). The van der Waals surface area contributed by atoms with Crippen LogP contribution in [0.2, 0.25) is 0 Å². The van der Waals surface area contributed by atoms with Crippen molar-refractivity contribution < 1.29 is 9.32 Å². The number of hydrogen-bond acceptors (Lipinski definition) is 4. The van der Waals surface area contributed by atoms with Gasteiger partial charge >= 0.3 is 0 Å². The van der Waals surface area contributed by atoms with Crippen molar-refractivity contribution in [2.24, 2.45) is 0 Å². The van der Waals surface area contributed by atoms with E-state index in [1.165, 1.54) is 0 Å². The Bertz CT molecular complexity index is 571. The zero-order chi connectivity index (χ0) is 14.5. The maximum atomic E-state index is 11.9. The zero-order valence-electron chi connectivity index (χ0n) is 12.0. The Balaban J connectivity index is 2.05. The van der Waals surface area contributed by atoms with Gasteiger partial charge in [-0.25, -0.2) is 0 Å². The first-order valence-corrected chi connectivity index (χ1v) is 6.73. The summed E-state index contributed by atoms with van der Waals surface area (Å²) in [6, 6.07) is 9.38. The molecule has 5 nitrogen and oxygen atoms in total. The van der Waals surface area contributed by atoms with E-state index in [9.17, 15) is 4.79 Å². The molecular weight excluding hydrogens is 254 g/mol. The van der Waals surface area contributed by atoms with Crippen LogP contribution in [-0.2, 0) is 0 Å². The molecule has 0 spiro atoms. The van der Waals surface area contributed by atoms with Gasteiger partial charge in [-0.05, 0) is 45.0 Å². The van der Waals surface area contributed by atoms with E-state index in [2.05, 4.69) is 29.2 Å². The highest BCUT2D eigenvalue weighted by Crippen LogP contribution is 2.18. The molecular formula is C15H19N3O2. The van der Waals surface area contributed by atoms with Crippen molar-refractivity contribution in [3.8, 4) is 0 Å². The predicted molar refractivity (Wildman–Crippen MR) is 79.2 cm³/mol. The Morgan fingerprint density at radius 1 is 1.25 bits per heavy atom.